The molecule has 48 nitrogen and oxygen atoms in total. The Kier molecular flexibility index (Phi) is 50.7. The molecule has 820 valence electrons. The number of unbranched alkanes of at least 4 members (excludes halogenated alkanes) is 10. The number of aliphatic carboxylic acids is 1. The molecule has 0 spiro atoms. The van der Waals surface area contributed by atoms with Gasteiger partial charge in [-0.05, 0) is 189 Å². The van der Waals surface area contributed by atoms with Crippen LogP contribution < -0.4 is 109 Å². The van der Waals surface area contributed by atoms with E-state index in [1.54, 1.807) is 18.2 Å². The number of aromatic hydroxyl groups is 3. The van der Waals surface area contributed by atoms with E-state index in [-0.39, 0.29) is 146 Å². The van der Waals surface area contributed by atoms with Gasteiger partial charge in [-0.3, -0.25) is 87.5 Å². The SMILES string of the molecule is CCCCCCCCCCCCc1cc(C[C@@H]2NC(=O)[C@H](CCCNC(=N)N)NC(=O)[C@@H](N)CCNC(=O)[C@H]3CCCN3C(=O)[C@H](C)NC(=O)[C@H](CCCNC(=N)N)NC(=O)[C@@H](NC(=O)[C@H](C)NC(=O)[C@H](Cc3cnc[nH]3)NC(=O)[C@@H](N)Cc3ccc(O)cc3)CSSC[C@@H](C(=O)N[C@@H](Cc3ccc(O)cc3)C(=O)N[C@@H](CCC(N)=O)C(=O)N[C@@H](CCCCN)C(=O)N3CCC[C@@H]3C(=O)N3CCC[C@H]3C(=O)O)NC2=O)ccc1O. The van der Waals surface area contributed by atoms with Gasteiger partial charge in [0, 0.05) is 88.3 Å². The standard InChI is InChI=1S/C99H151N27O21S2/c1-4-5-6-7-8-9-10-11-12-13-21-62-48-61(32-38-80(62)129)51-73-90(139)123-76(92(141)121-72(50-60-30-35-65(128)36-31-60)89(138)117-70(37-39-81(103)130)87(136)118-71(22-14-15-41-100)95(144)125-46-19-26-78(125)96(145)126-47-20-27-79(126)97(146)147)55-149-148-54-75(122-82(131)57(2)113-88(137)74(52-63-53-108-56-112-63)119-84(133)67(102)49-59-28-33-64(127)34-29-59)91(140)116-68(23-16-42-110-98(104)105)85(134)114-58(3)94(143)124-45-18-25-77(124)93(142)109-44-40-66(101)83(132)115-69(86(135)120-73)24-17-43-111-99(106)107/h28-36,38,48,53,56-58,66-79,127-129H,4-27,37,39-47,49-52,54-55,100-102H2,1-3H3,(H2,103,130)(H,108,112)(H,109,142)(H,113,137)(H,114,134)(H,115,132)(H,116,140)(H,117,138)(H,118,136)(H,119,133)(H,120,135)(H,121,141)(H,122,131)(H,123,139)(H,146,147)(H4,104,105,110)(H4,106,107,111)/t57-,58-,66-,67-,68-,69-,70-,71-,72-,73-,74-,75-,76-,77+,78+,79-/m0/s1. The number of primary amides is 1. The highest BCUT2D eigenvalue weighted by Crippen LogP contribution is 2.30. The Morgan fingerprint density at radius 1 is 0.550 bits per heavy atom. The maximum atomic E-state index is 16.1. The van der Waals surface area contributed by atoms with Crippen LogP contribution in [0.1, 0.15) is 216 Å². The molecule has 8 rings (SSSR count). The van der Waals surface area contributed by atoms with E-state index >= 15 is 33.6 Å². The van der Waals surface area contributed by atoms with Crippen LogP contribution in [0.5, 0.6) is 17.2 Å². The predicted molar refractivity (Wildman–Crippen MR) is 556 cm³/mol. The summed E-state index contributed by atoms with van der Waals surface area (Å²) in [6.45, 7) is 4.80. The van der Waals surface area contributed by atoms with E-state index in [0.29, 0.717) is 60.9 Å². The number of carbonyl (C=O) groups excluding carboxylic acids is 16. The second kappa shape index (κ2) is 62.6. The predicted octanol–water partition coefficient (Wildman–Crippen LogP) is -1.83. The lowest BCUT2D eigenvalue weighted by molar-refractivity contribution is -0.152. The maximum absolute atomic E-state index is 16.1. The molecule has 4 fully saturated rings. The number of nitrogens with two attached hydrogens (primary N) is 6. The number of nitrogens with zero attached hydrogens (tertiary/aromatic N) is 4. The third-order valence-electron chi connectivity index (χ3n) is 26.3. The van der Waals surface area contributed by atoms with Crippen molar-refractivity contribution in [1.29, 1.82) is 10.8 Å². The maximum Gasteiger partial charge on any atom is 0.326 e. The number of aromatic nitrogens is 2. The van der Waals surface area contributed by atoms with Crippen molar-refractivity contribution in [3.8, 4) is 17.2 Å². The van der Waals surface area contributed by atoms with Gasteiger partial charge in [0.1, 0.15) is 102 Å². The molecule has 149 heavy (non-hydrogen) atoms. The number of rotatable bonds is 49. The number of benzene rings is 3. The minimum atomic E-state index is -1.93. The second-order valence-electron chi connectivity index (χ2n) is 38.2. The van der Waals surface area contributed by atoms with Gasteiger partial charge in [-0.1, -0.05) is 123 Å². The molecule has 0 aliphatic carbocycles. The van der Waals surface area contributed by atoms with Crippen LogP contribution in [-0.2, 0) is 114 Å². The zero-order valence-electron chi connectivity index (χ0n) is 84.8. The van der Waals surface area contributed by atoms with Gasteiger partial charge < -0.3 is 149 Å². The van der Waals surface area contributed by atoms with Gasteiger partial charge in [-0.2, -0.15) is 0 Å². The Labute approximate surface area is 873 Å². The Morgan fingerprint density at radius 2 is 1.10 bits per heavy atom. The molecule has 4 aliphatic heterocycles. The first-order valence-electron chi connectivity index (χ1n) is 51.2. The third-order valence-corrected chi connectivity index (χ3v) is 28.8. The van der Waals surface area contributed by atoms with Gasteiger partial charge in [0.05, 0.1) is 18.4 Å². The number of guanidine groups is 2. The molecule has 4 aromatic rings. The number of nitrogens with one attached hydrogen (secondary N) is 17. The summed E-state index contributed by atoms with van der Waals surface area (Å²) in [5.41, 5.74) is 37.9. The first kappa shape index (κ1) is 121. The molecule has 3 aromatic carbocycles. The largest absolute Gasteiger partial charge is 0.508 e. The summed E-state index contributed by atoms with van der Waals surface area (Å²) in [5.74, 6) is -18.5. The molecule has 0 radical (unpaired) electrons. The summed E-state index contributed by atoms with van der Waals surface area (Å²) in [6, 6.07) is -8.41. The fourth-order valence-electron chi connectivity index (χ4n) is 18.0. The van der Waals surface area contributed by atoms with Crippen molar-refractivity contribution in [2.45, 2.75) is 316 Å². The number of hydrogen-bond donors (Lipinski definition) is 27. The number of hydrogen-bond acceptors (Lipinski definition) is 28. The number of carbonyl (C=O) groups is 17. The van der Waals surface area contributed by atoms with Crippen LogP contribution in [0.2, 0.25) is 0 Å². The number of carboxylic acid groups (broad SMARTS) is 1. The summed E-state index contributed by atoms with van der Waals surface area (Å²) >= 11 is 0. The monoisotopic (exact) mass is 2120 g/mol. The first-order valence-corrected chi connectivity index (χ1v) is 53.7. The van der Waals surface area contributed by atoms with Crippen molar-refractivity contribution in [3.63, 3.8) is 0 Å². The summed E-state index contributed by atoms with van der Waals surface area (Å²) in [4.78, 5) is 261. The lowest BCUT2D eigenvalue weighted by atomic mass is 9.98. The van der Waals surface area contributed by atoms with Crippen molar-refractivity contribution in [3.05, 3.63) is 107 Å². The quantitative estimate of drug-likeness (QED) is 0.0100. The van der Waals surface area contributed by atoms with Crippen LogP contribution >= 0.6 is 21.6 Å². The van der Waals surface area contributed by atoms with Gasteiger partial charge >= 0.3 is 5.97 Å². The lowest BCUT2D eigenvalue weighted by Crippen LogP contribution is -2.61. The van der Waals surface area contributed by atoms with Crippen LogP contribution in [0.4, 0.5) is 0 Å². The number of likely N-dealkylation sites (tertiary alicyclic amines) is 2. The Hall–Kier alpha value is -13.6. The van der Waals surface area contributed by atoms with Gasteiger partial charge in [-0.15, -0.1) is 0 Å². The van der Waals surface area contributed by atoms with E-state index in [2.05, 4.69) is 91.3 Å². The number of phenolic OH excluding ortho intramolecular Hbond substituents is 3. The number of carboxylic acids is 1. The Balaban J connectivity index is 1.23. The summed E-state index contributed by atoms with van der Waals surface area (Å²) in [7, 11) is 1.53. The normalized spacial score (nSPS) is 21.2. The highest BCUT2D eigenvalue weighted by atomic mass is 33.1. The zero-order valence-corrected chi connectivity index (χ0v) is 86.5. The number of aromatic amines is 1. The van der Waals surface area contributed by atoms with E-state index in [1.807, 2.05) is 0 Å². The zero-order chi connectivity index (χ0) is 109. The van der Waals surface area contributed by atoms with E-state index in [0.717, 1.165) is 73.0 Å². The van der Waals surface area contributed by atoms with E-state index in [4.69, 9.17) is 45.2 Å². The van der Waals surface area contributed by atoms with Crippen LogP contribution in [0, 0.1) is 10.8 Å². The summed E-state index contributed by atoms with van der Waals surface area (Å²) in [5, 5.41) is 95.2. The van der Waals surface area contributed by atoms with Crippen molar-refractivity contribution in [2.24, 2.45) is 34.4 Å². The molecular formula is C99H151N27O21S2. The van der Waals surface area contributed by atoms with E-state index in [1.165, 1.54) is 96.0 Å². The molecular weight excluding hydrogens is 1970 g/mol. The third kappa shape index (κ3) is 40.4. The number of aryl methyl sites for hydroxylation is 1. The van der Waals surface area contributed by atoms with Crippen molar-refractivity contribution in [2.75, 3.05) is 57.3 Å². The Morgan fingerprint density at radius 3 is 1.72 bits per heavy atom. The average molecular weight is 2120 g/mol. The van der Waals surface area contributed by atoms with E-state index < -0.39 is 246 Å². The van der Waals surface area contributed by atoms with Crippen LogP contribution in [-0.4, -0.2) is 311 Å². The number of fused-ring (bicyclic) bond motifs is 1. The second-order valence-corrected chi connectivity index (χ2v) is 40.7. The molecule has 0 bridgehead atoms. The van der Waals surface area contributed by atoms with Crippen molar-refractivity contribution < 1.29 is 102 Å². The topological polar surface area (TPSA) is 782 Å². The average Bonchev–Trinajstić information content (AvgIpc) is 1.66. The van der Waals surface area contributed by atoms with Crippen LogP contribution in [0.3, 0.4) is 0 Å². The van der Waals surface area contributed by atoms with Gasteiger partial charge in [0.25, 0.3) is 0 Å². The molecule has 0 unspecified atom stereocenters. The molecule has 0 saturated carbocycles. The minimum Gasteiger partial charge on any atom is -0.508 e. The fourth-order valence-corrected chi connectivity index (χ4v) is 20.3. The van der Waals surface area contributed by atoms with Crippen LogP contribution in [0.25, 0.3) is 0 Å². The molecule has 16 amide bonds. The molecule has 16 atom stereocenters. The molecule has 4 saturated heterocycles. The van der Waals surface area contributed by atoms with Gasteiger partial charge in [-0.25, -0.2) is 9.78 Å². The number of H-pyrrole nitrogens is 1. The molecule has 5 heterocycles. The molecule has 4 aliphatic rings. The Bertz CT molecular complexity index is 5170. The van der Waals surface area contributed by atoms with Gasteiger partial charge in [0.15, 0.2) is 11.9 Å². The number of amides is 16. The highest BCUT2D eigenvalue weighted by molar-refractivity contribution is 8.76. The lowest BCUT2D eigenvalue weighted by Gasteiger charge is -2.33. The molecule has 33 N–H and O–H groups in total. The minimum absolute atomic E-state index is 0.00392. The smallest absolute Gasteiger partial charge is 0.326 e. The molecule has 1 aromatic heterocycles. The van der Waals surface area contributed by atoms with E-state index in [9.17, 15) is 68.4 Å². The summed E-state index contributed by atoms with van der Waals surface area (Å²) in [6.07, 6.45) is 12.3. The summed E-state index contributed by atoms with van der Waals surface area (Å²) < 4.78 is 0. The van der Waals surface area contributed by atoms with Crippen molar-refractivity contribution in [1.82, 2.24) is 99.1 Å². The fraction of sp³-hybridized carbons (Fsp3) is 0.596. The first-order chi connectivity index (χ1) is 71.2. The highest BCUT2D eigenvalue weighted by Gasteiger charge is 2.46. The van der Waals surface area contributed by atoms with Crippen molar-refractivity contribution >= 4 is 134 Å². The van der Waals surface area contributed by atoms with Gasteiger partial charge in [0.2, 0.25) is 94.5 Å². The number of imidazole rings is 1. The molecule has 50 heteroatoms. The van der Waals surface area contributed by atoms with Crippen LogP contribution in [0.15, 0.2) is 79.3 Å². The number of phenols is 3.